The van der Waals surface area contributed by atoms with Crippen molar-refractivity contribution in [3.8, 4) is 0 Å². The summed E-state index contributed by atoms with van der Waals surface area (Å²) in [6.07, 6.45) is -8.85. The lowest BCUT2D eigenvalue weighted by Crippen LogP contribution is -2.54. The van der Waals surface area contributed by atoms with E-state index in [9.17, 15) is 31.1 Å². The fourth-order valence-corrected chi connectivity index (χ4v) is 5.64. The van der Waals surface area contributed by atoms with Gasteiger partial charge in [0.05, 0.1) is 29.4 Å². The minimum atomic E-state index is -4.94. The number of hydrogen-bond donors (Lipinski definition) is 1. The molecule has 1 N–H and O–H groups in total. The first kappa shape index (κ1) is 27.3. The fraction of sp³-hybridized carbons (Fsp3) is 0.462. The van der Waals surface area contributed by atoms with Crippen LogP contribution < -0.4 is 5.32 Å². The number of alkyl halides is 6. The van der Waals surface area contributed by atoms with Gasteiger partial charge in [-0.25, -0.2) is 0 Å². The second kappa shape index (κ2) is 10.0. The van der Waals surface area contributed by atoms with Gasteiger partial charge in [-0.2, -0.15) is 31.1 Å². The highest BCUT2D eigenvalue weighted by Crippen LogP contribution is 2.50. The number of halogens is 6. The van der Waals surface area contributed by atoms with Gasteiger partial charge in [0, 0.05) is 12.0 Å². The van der Waals surface area contributed by atoms with Gasteiger partial charge in [0.15, 0.2) is 11.6 Å². The third-order valence-corrected chi connectivity index (χ3v) is 7.31. The van der Waals surface area contributed by atoms with Gasteiger partial charge in [-0.3, -0.25) is 4.79 Å². The Morgan fingerprint density at radius 3 is 2.33 bits per heavy atom. The van der Waals surface area contributed by atoms with Crippen molar-refractivity contribution in [3.05, 3.63) is 76.6 Å². The molecule has 0 radical (unpaired) electrons. The zero-order valence-electron chi connectivity index (χ0n) is 20.8. The average molecular weight is 554 g/mol. The average Bonchev–Trinajstić information content (AvgIpc) is 3.45. The second-order valence-electron chi connectivity index (χ2n) is 10.1. The fourth-order valence-electron chi connectivity index (χ4n) is 5.64. The summed E-state index contributed by atoms with van der Waals surface area (Å²) in [7, 11) is 0. The standard InChI is InChI=1S/C26H25F6N5O2/c1-15(38)13-37-35-23(34-36-37)20-12-24(17-5-3-2-4-6-17)22(8-7-21(20)33-24)39-14-16-9-18(25(27,28)29)11-19(10-16)26(30,31)32/h2-6,9-11,20-22,33H,7-8,12-14H2,1H3. The van der Waals surface area contributed by atoms with E-state index >= 15 is 0 Å². The molecular formula is C26H25F6N5O2. The Hall–Kier alpha value is -3.32. The smallest absolute Gasteiger partial charge is 0.371 e. The molecule has 2 bridgehead atoms. The summed E-state index contributed by atoms with van der Waals surface area (Å²) < 4.78 is 86.3. The van der Waals surface area contributed by atoms with E-state index in [1.165, 1.54) is 11.7 Å². The molecule has 0 spiro atoms. The van der Waals surface area contributed by atoms with Crippen molar-refractivity contribution in [3.63, 3.8) is 0 Å². The first-order valence-electron chi connectivity index (χ1n) is 12.4. The van der Waals surface area contributed by atoms with E-state index in [1.54, 1.807) is 0 Å². The topological polar surface area (TPSA) is 81.9 Å². The van der Waals surface area contributed by atoms with E-state index in [0.29, 0.717) is 37.2 Å². The maximum Gasteiger partial charge on any atom is 0.416 e. The summed E-state index contributed by atoms with van der Waals surface area (Å²) in [6.45, 7) is 0.974. The van der Waals surface area contributed by atoms with Crippen LogP contribution >= 0.6 is 0 Å². The van der Waals surface area contributed by atoms with E-state index < -0.39 is 41.7 Å². The Balaban J connectivity index is 1.44. The molecule has 0 amide bonds. The quantitative estimate of drug-likeness (QED) is 0.414. The molecule has 5 rings (SSSR count). The summed E-state index contributed by atoms with van der Waals surface area (Å²) in [5, 5.41) is 16.1. The van der Waals surface area contributed by atoms with Crippen LogP contribution in [0.2, 0.25) is 0 Å². The van der Waals surface area contributed by atoms with Crippen LogP contribution in [0.25, 0.3) is 0 Å². The first-order valence-corrected chi connectivity index (χ1v) is 12.4. The second-order valence-corrected chi connectivity index (χ2v) is 10.1. The number of piperidine rings is 1. The molecule has 3 aromatic rings. The molecule has 2 saturated heterocycles. The number of Topliss-reactive ketones (excluding diaryl/α,β-unsaturated/α-hetero) is 1. The first-order chi connectivity index (χ1) is 18.3. The van der Waals surface area contributed by atoms with Gasteiger partial charge in [0.1, 0.15) is 6.54 Å². The van der Waals surface area contributed by atoms with Crippen LogP contribution in [0.1, 0.15) is 60.2 Å². The molecular weight excluding hydrogens is 528 g/mol. The zero-order valence-corrected chi connectivity index (χ0v) is 20.8. The van der Waals surface area contributed by atoms with Crippen LogP contribution in [0.5, 0.6) is 0 Å². The molecule has 2 aliphatic heterocycles. The summed E-state index contributed by atoms with van der Waals surface area (Å²) in [4.78, 5) is 12.7. The van der Waals surface area contributed by atoms with Crippen molar-refractivity contribution < 1.29 is 35.9 Å². The third kappa shape index (κ3) is 5.55. The van der Waals surface area contributed by atoms with Gasteiger partial charge in [0.2, 0.25) is 0 Å². The number of nitrogens with one attached hydrogen (secondary N) is 1. The van der Waals surface area contributed by atoms with Crippen molar-refractivity contribution in [2.75, 3.05) is 0 Å². The summed E-state index contributed by atoms with van der Waals surface area (Å²) in [5.74, 6) is 0.143. The maximum absolute atomic E-state index is 13.4. The van der Waals surface area contributed by atoms with Crippen molar-refractivity contribution >= 4 is 5.78 Å². The number of ether oxygens (including phenoxy) is 1. The van der Waals surface area contributed by atoms with Crippen molar-refractivity contribution in [2.45, 2.75) is 75.3 Å². The molecule has 208 valence electrons. The summed E-state index contributed by atoms with van der Waals surface area (Å²) in [6, 6.07) is 10.8. The van der Waals surface area contributed by atoms with Gasteiger partial charge in [-0.05, 0) is 60.7 Å². The number of carbonyl (C=O) groups is 1. The Morgan fingerprint density at radius 1 is 1.05 bits per heavy atom. The number of nitrogens with zero attached hydrogens (tertiary/aromatic N) is 4. The summed E-state index contributed by atoms with van der Waals surface area (Å²) in [5.41, 5.74) is -2.88. The Bertz CT molecular complexity index is 1310. The molecule has 2 aliphatic rings. The zero-order chi connectivity index (χ0) is 28.0. The molecule has 4 unspecified atom stereocenters. The molecule has 13 heteroatoms. The lowest BCUT2D eigenvalue weighted by Gasteiger charge is -2.42. The molecule has 2 fully saturated rings. The Labute approximate surface area is 219 Å². The highest BCUT2D eigenvalue weighted by atomic mass is 19.4. The molecule has 0 aliphatic carbocycles. The van der Waals surface area contributed by atoms with Crippen molar-refractivity contribution in [1.82, 2.24) is 25.5 Å². The van der Waals surface area contributed by atoms with Crippen LogP contribution in [0.15, 0.2) is 48.5 Å². The molecule has 1 aromatic heterocycles. The van der Waals surface area contributed by atoms with Crippen LogP contribution in [0.4, 0.5) is 26.3 Å². The van der Waals surface area contributed by atoms with Gasteiger partial charge in [0.25, 0.3) is 0 Å². The number of rotatable bonds is 7. The van der Waals surface area contributed by atoms with Crippen LogP contribution in [-0.4, -0.2) is 38.1 Å². The van der Waals surface area contributed by atoms with E-state index in [-0.39, 0.29) is 35.9 Å². The Morgan fingerprint density at radius 2 is 1.72 bits per heavy atom. The van der Waals surface area contributed by atoms with Crippen LogP contribution in [0.3, 0.4) is 0 Å². The minimum Gasteiger partial charge on any atom is -0.371 e. The largest absolute Gasteiger partial charge is 0.416 e. The highest BCUT2D eigenvalue weighted by molar-refractivity contribution is 5.74. The number of fused-ring (bicyclic) bond motifs is 2. The number of tetrazole rings is 1. The molecule has 0 saturated carbocycles. The normalized spacial score (nSPS) is 25.2. The van der Waals surface area contributed by atoms with Crippen molar-refractivity contribution in [1.29, 1.82) is 0 Å². The molecule has 39 heavy (non-hydrogen) atoms. The van der Waals surface area contributed by atoms with Gasteiger partial charge >= 0.3 is 12.4 Å². The third-order valence-electron chi connectivity index (χ3n) is 7.31. The lowest BCUT2D eigenvalue weighted by molar-refractivity contribution is -0.143. The number of ketones is 1. The number of benzene rings is 2. The number of carbonyl (C=O) groups excluding carboxylic acids is 1. The maximum atomic E-state index is 13.4. The molecule has 3 heterocycles. The molecule has 2 aromatic carbocycles. The lowest BCUT2D eigenvalue weighted by atomic mass is 9.80. The van der Waals surface area contributed by atoms with Crippen molar-refractivity contribution in [2.24, 2.45) is 0 Å². The molecule has 4 atom stereocenters. The van der Waals surface area contributed by atoms with E-state index in [2.05, 4.69) is 20.7 Å². The SMILES string of the molecule is CC(=O)Cn1nnc(C2CC3(c4ccccc4)NC2CCC3OCc2cc(C(F)(F)F)cc(C(F)(F)F)c2)n1. The van der Waals surface area contributed by atoms with Crippen LogP contribution in [0, 0.1) is 0 Å². The predicted octanol–water partition coefficient (Wildman–Crippen LogP) is 5.02. The monoisotopic (exact) mass is 553 g/mol. The van der Waals surface area contributed by atoms with Gasteiger partial charge in [-0.1, -0.05) is 30.3 Å². The van der Waals surface area contributed by atoms with E-state index in [4.69, 9.17) is 4.74 Å². The number of hydrogen-bond acceptors (Lipinski definition) is 6. The van der Waals surface area contributed by atoms with Crippen LogP contribution in [-0.2, 0) is 40.6 Å². The highest BCUT2D eigenvalue weighted by Gasteiger charge is 2.55. The van der Waals surface area contributed by atoms with E-state index in [0.717, 1.165) is 5.56 Å². The number of aromatic nitrogens is 4. The Kier molecular flexibility index (Phi) is 7.00. The molecule has 7 nitrogen and oxygen atoms in total. The minimum absolute atomic E-state index is 0.00964. The van der Waals surface area contributed by atoms with Gasteiger partial charge in [-0.15, -0.1) is 10.2 Å². The predicted molar refractivity (Wildman–Crippen MR) is 125 cm³/mol. The van der Waals surface area contributed by atoms with E-state index in [1.807, 2.05) is 30.3 Å². The van der Waals surface area contributed by atoms with Gasteiger partial charge < -0.3 is 10.1 Å². The summed E-state index contributed by atoms with van der Waals surface area (Å²) >= 11 is 0.